The van der Waals surface area contributed by atoms with Crippen LogP contribution in [0.5, 0.6) is 0 Å². The van der Waals surface area contributed by atoms with Gasteiger partial charge in [0.05, 0.1) is 7.05 Å². The normalized spacial score (nSPS) is 12.6. The van der Waals surface area contributed by atoms with Crippen LogP contribution in [0.15, 0.2) is 30.3 Å². The average molecular weight is 217 g/mol. The maximum atomic E-state index is 5.78. The van der Waals surface area contributed by atoms with Crippen molar-refractivity contribution in [2.24, 2.45) is 12.8 Å². The lowest BCUT2D eigenvalue weighted by atomic mass is 9.96. The van der Waals surface area contributed by atoms with E-state index in [-0.39, 0.29) is 5.92 Å². The maximum absolute atomic E-state index is 5.78. The average Bonchev–Trinajstić information content (AvgIpc) is 2.73. The zero-order valence-electron chi connectivity index (χ0n) is 9.24. The van der Waals surface area contributed by atoms with Crippen molar-refractivity contribution in [3.05, 3.63) is 41.7 Å². The standard InChI is InChI=1S/C11H15N5/c1-16-14-11(13-15-16)7-10(8-12)9-5-3-2-4-6-9/h2-6,10H,7-8,12H2,1H3. The van der Waals surface area contributed by atoms with E-state index in [1.165, 1.54) is 10.4 Å². The number of tetrazole rings is 1. The monoisotopic (exact) mass is 217 g/mol. The highest BCUT2D eigenvalue weighted by atomic mass is 15.6. The topological polar surface area (TPSA) is 69.6 Å². The van der Waals surface area contributed by atoms with Crippen LogP contribution in [-0.4, -0.2) is 26.8 Å². The molecule has 16 heavy (non-hydrogen) atoms. The predicted molar refractivity (Wildman–Crippen MR) is 60.7 cm³/mol. The van der Waals surface area contributed by atoms with Gasteiger partial charge < -0.3 is 5.73 Å². The second-order valence-corrected chi connectivity index (χ2v) is 3.74. The quantitative estimate of drug-likeness (QED) is 0.809. The van der Waals surface area contributed by atoms with E-state index in [1.54, 1.807) is 7.05 Å². The molecule has 0 fully saturated rings. The van der Waals surface area contributed by atoms with Gasteiger partial charge in [0, 0.05) is 12.3 Å². The fourth-order valence-electron chi connectivity index (χ4n) is 1.69. The molecule has 1 aromatic heterocycles. The van der Waals surface area contributed by atoms with Crippen LogP contribution in [0.2, 0.25) is 0 Å². The Morgan fingerprint density at radius 2 is 2.06 bits per heavy atom. The first-order valence-electron chi connectivity index (χ1n) is 5.27. The summed E-state index contributed by atoms with van der Waals surface area (Å²) in [4.78, 5) is 1.47. The van der Waals surface area contributed by atoms with Gasteiger partial charge in [0.25, 0.3) is 0 Å². The first-order chi connectivity index (χ1) is 7.79. The number of hydrogen-bond donors (Lipinski definition) is 1. The molecule has 84 valence electrons. The SMILES string of the molecule is Cn1nnc(CC(CN)c2ccccc2)n1. The zero-order valence-corrected chi connectivity index (χ0v) is 9.24. The van der Waals surface area contributed by atoms with Gasteiger partial charge >= 0.3 is 0 Å². The van der Waals surface area contributed by atoms with Gasteiger partial charge in [0.1, 0.15) is 0 Å². The van der Waals surface area contributed by atoms with Crippen molar-refractivity contribution in [3.63, 3.8) is 0 Å². The predicted octanol–water partition coefficient (Wildman–Crippen LogP) is 0.495. The highest BCUT2D eigenvalue weighted by Gasteiger charge is 2.13. The number of hydrogen-bond acceptors (Lipinski definition) is 4. The molecular weight excluding hydrogens is 202 g/mol. The van der Waals surface area contributed by atoms with Gasteiger partial charge in [0.2, 0.25) is 0 Å². The van der Waals surface area contributed by atoms with Gasteiger partial charge in [-0.05, 0) is 17.3 Å². The Bertz CT molecular complexity index is 437. The molecule has 0 aliphatic rings. The van der Waals surface area contributed by atoms with Crippen LogP contribution in [0.1, 0.15) is 17.3 Å². The Morgan fingerprint density at radius 1 is 1.31 bits per heavy atom. The van der Waals surface area contributed by atoms with E-state index in [0.29, 0.717) is 6.54 Å². The molecule has 2 rings (SSSR count). The van der Waals surface area contributed by atoms with E-state index in [4.69, 9.17) is 5.73 Å². The Kier molecular flexibility index (Phi) is 3.26. The van der Waals surface area contributed by atoms with Gasteiger partial charge in [-0.25, -0.2) is 0 Å². The van der Waals surface area contributed by atoms with E-state index < -0.39 is 0 Å². The van der Waals surface area contributed by atoms with Crippen LogP contribution < -0.4 is 5.73 Å². The molecule has 1 heterocycles. The molecule has 0 bridgehead atoms. The molecule has 2 aromatic rings. The van der Waals surface area contributed by atoms with Crippen LogP contribution in [0.25, 0.3) is 0 Å². The lowest BCUT2D eigenvalue weighted by molar-refractivity contribution is 0.620. The number of nitrogens with two attached hydrogens (primary N) is 1. The van der Waals surface area contributed by atoms with Gasteiger partial charge in [0.15, 0.2) is 5.82 Å². The largest absolute Gasteiger partial charge is 0.330 e. The molecule has 5 nitrogen and oxygen atoms in total. The molecule has 0 aliphatic heterocycles. The number of aromatic nitrogens is 4. The molecule has 0 amide bonds. The summed E-state index contributed by atoms with van der Waals surface area (Å²) in [6.45, 7) is 0.586. The lowest BCUT2D eigenvalue weighted by Gasteiger charge is -2.12. The van der Waals surface area contributed by atoms with E-state index in [9.17, 15) is 0 Å². The third-order valence-corrected chi connectivity index (χ3v) is 2.53. The number of benzene rings is 1. The smallest absolute Gasteiger partial charge is 0.175 e. The minimum absolute atomic E-state index is 0.255. The molecular formula is C11H15N5. The first-order valence-corrected chi connectivity index (χ1v) is 5.27. The van der Waals surface area contributed by atoms with Crippen LogP contribution in [0, 0.1) is 0 Å². The Balaban J connectivity index is 2.12. The molecule has 0 aliphatic carbocycles. The highest BCUT2D eigenvalue weighted by Crippen LogP contribution is 2.17. The molecule has 0 radical (unpaired) electrons. The molecule has 5 heteroatoms. The van der Waals surface area contributed by atoms with Crippen LogP contribution in [-0.2, 0) is 13.5 Å². The van der Waals surface area contributed by atoms with E-state index in [0.717, 1.165) is 12.2 Å². The third kappa shape index (κ3) is 2.43. The molecule has 0 spiro atoms. The first kappa shape index (κ1) is 10.8. The van der Waals surface area contributed by atoms with Crippen molar-refractivity contribution in [1.82, 2.24) is 20.2 Å². The summed E-state index contributed by atoms with van der Waals surface area (Å²) in [5, 5.41) is 12.0. The number of rotatable bonds is 4. The third-order valence-electron chi connectivity index (χ3n) is 2.53. The lowest BCUT2D eigenvalue weighted by Crippen LogP contribution is -2.15. The van der Waals surface area contributed by atoms with Gasteiger partial charge in [-0.1, -0.05) is 30.3 Å². The fraction of sp³-hybridized carbons (Fsp3) is 0.364. The van der Waals surface area contributed by atoms with Crippen molar-refractivity contribution in [3.8, 4) is 0 Å². The molecule has 1 aromatic carbocycles. The summed E-state index contributed by atoms with van der Waals surface area (Å²) in [6, 6.07) is 10.2. The van der Waals surface area contributed by atoms with Gasteiger partial charge in [-0.3, -0.25) is 0 Å². The van der Waals surface area contributed by atoms with Crippen molar-refractivity contribution in [2.75, 3.05) is 6.54 Å². The highest BCUT2D eigenvalue weighted by molar-refractivity contribution is 5.20. The van der Waals surface area contributed by atoms with Crippen molar-refractivity contribution in [2.45, 2.75) is 12.3 Å². The molecule has 1 unspecified atom stereocenters. The van der Waals surface area contributed by atoms with E-state index >= 15 is 0 Å². The second-order valence-electron chi connectivity index (χ2n) is 3.74. The van der Waals surface area contributed by atoms with Crippen LogP contribution in [0.4, 0.5) is 0 Å². The van der Waals surface area contributed by atoms with E-state index in [2.05, 4.69) is 27.5 Å². The number of aryl methyl sites for hydroxylation is 1. The minimum Gasteiger partial charge on any atom is -0.330 e. The Hall–Kier alpha value is -1.75. The summed E-state index contributed by atoms with van der Waals surface area (Å²) in [5.74, 6) is 0.993. The zero-order chi connectivity index (χ0) is 11.4. The summed E-state index contributed by atoms with van der Waals surface area (Å²) < 4.78 is 0. The minimum atomic E-state index is 0.255. The molecule has 0 saturated heterocycles. The summed E-state index contributed by atoms with van der Waals surface area (Å²) in [5.41, 5.74) is 7.00. The Morgan fingerprint density at radius 3 is 2.62 bits per heavy atom. The second kappa shape index (κ2) is 4.85. The molecule has 0 saturated carbocycles. The van der Waals surface area contributed by atoms with Crippen LogP contribution >= 0.6 is 0 Å². The molecule has 2 N–H and O–H groups in total. The van der Waals surface area contributed by atoms with Gasteiger partial charge in [-0.15, -0.1) is 10.2 Å². The number of nitrogens with zero attached hydrogens (tertiary/aromatic N) is 4. The maximum Gasteiger partial charge on any atom is 0.175 e. The fourth-order valence-corrected chi connectivity index (χ4v) is 1.69. The molecule has 1 atom stereocenters. The summed E-state index contributed by atoms with van der Waals surface area (Å²) in [7, 11) is 1.76. The Labute approximate surface area is 94.3 Å². The summed E-state index contributed by atoms with van der Waals surface area (Å²) in [6.07, 6.45) is 0.731. The van der Waals surface area contributed by atoms with Crippen molar-refractivity contribution in [1.29, 1.82) is 0 Å². The van der Waals surface area contributed by atoms with Gasteiger partial charge in [-0.2, -0.15) is 4.80 Å². The van der Waals surface area contributed by atoms with Crippen molar-refractivity contribution >= 4 is 0 Å². The van der Waals surface area contributed by atoms with E-state index in [1.807, 2.05) is 18.2 Å². The van der Waals surface area contributed by atoms with Crippen LogP contribution in [0.3, 0.4) is 0 Å². The summed E-state index contributed by atoms with van der Waals surface area (Å²) >= 11 is 0. The van der Waals surface area contributed by atoms with Crippen molar-refractivity contribution < 1.29 is 0 Å².